The Kier molecular flexibility index (Phi) is 5.41. The number of ether oxygens (including phenoxy) is 1. The number of hydrogen-bond donors (Lipinski definition) is 2. The molecule has 0 aromatic rings. The molecule has 1 rings (SSSR count). The van der Waals surface area contributed by atoms with Crippen molar-refractivity contribution in [2.24, 2.45) is 0 Å². The maximum atomic E-state index is 11.8. The summed E-state index contributed by atoms with van der Waals surface area (Å²) in [5.74, 6) is -0.322. The fourth-order valence-electron chi connectivity index (χ4n) is 1.90. The summed E-state index contributed by atoms with van der Waals surface area (Å²) in [4.78, 5) is 23.0. The summed E-state index contributed by atoms with van der Waals surface area (Å²) in [6, 6.07) is -0.533. The van der Waals surface area contributed by atoms with Crippen molar-refractivity contribution in [3.05, 3.63) is 0 Å². The molecule has 3 unspecified atom stereocenters. The van der Waals surface area contributed by atoms with Crippen LogP contribution in [0, 0.1) is 0 Å². The van der Waals surface area contributed by atoms with E-state index in [1.54, 1.807) is 6.92 Å². The van der Waals surface area contributed by atoms with Gasteiger partial charge in [0.2, 0.25) is 5.91 Å². The Hall–Kier alpha value is -1.10. The third kappa shape index (κ3) is 4.34. The molecule has 2 N–H and O–H groups in total. The third-order valence-electron chi connectivity index (χ3n) is 2.89. The molecule has 1 aliphatic rings. The monoisotopic (exact) mass is 242 g/mol. The molecule has 0 spiro atoms. The molecule has 5 nitrogen and oxygen atoms in total. The lowest BCUT2D eigenvalue weighted by atomic mass is 10.1. The van der Waals surface area contributed by atoms with E-state index in [4.69, 9.17) is 4.74 Å². The Morgan fingerprint density at radius 1 is 1.53 bits per heavy atom. The first-order valence-corrected chi connectivity index (χ1v) is 6.27. The fourth-order valence-corrected chi connectivity index (χ4v) is 1.90. The highest BCUT2D eigenvalue weighted by Gasteiger charge is 2.29. The van der Waals surface area contributed by atoms with Gasteiger partial charge in [0.05, 0.1) is 12.6 Å². The van der Waals surface area contributed by atoms with Crippen LogP contribution in [0.1, 0.15) is 40.0 Å². The third-order valence-corrected chi connectivity index (χ3v) is 2.89. The van der Waals surface area contributed by atoms with Crippen LogP contribution in [-0.4, -0.2) is 36.6 Å². The van der Waals surface area contributed by atoms with Crippen LogP contribution in [0.25, 0.3) is 0 Å². The van der Waals surface area contributed by atoms with Crippen molar-refractivity contribution in [3.63, 3.8) is 0 Å². The zero-order valence-corrected chi connectivity index (χ0v) is 10.8. The number of cyclic esters (lactones) is 1. The van der Waals surface area contributed by atoms with Crippen molar-refractivity contribution in [3.8, 4) is 0 Å². The average molecular weight is 242 g/mol. The van der Waals surface area contributed by atoms with Crippen molar-refractivity contribution in [2.75, 3.05) is 6.61 Å². The number of amides is 1. The molecule has 0 aromatic heterocycles. The second-order valence-electron chi connectivity index (χ2n) is 4.60. The van der Waals surface area contributed by atoms with Gasteiger partial charge in [0.15, 0.2) is 0 Å². The number of carbonyl (C=O) groups excluding carboxylic acids is 2. The molecule has 0 saturated carbocycles. The zero-order valence-electron chi connectivity index (χ0n) is 10.8. The Balaban J connectivity index is 2.33. The molecule has 1 aliphatic heterocycles. The van der Waals surface area contributed by atoms with E-state index < -0.39 is 0 Å². The van der Waals surface area contributed by atoms with E-state index in [0.29, 0.717) is 13.0 Å². The van der Waals surface area contributed by atoms with Crippen LogP contribution in [0.2, 0.25) is 0 Å². The van der Waals surface area contributed by atoms with E-state index in [0.717, 1.165) is 12.8 Å². The summed E-state index contributed by atoms with van der Waals surface area (Å²) in [5.41, 5.74) is 0. The highest BCUT2D eigenvalue weighted by Crippen LogP contribution is 2.06. The van der Waals surface area contributed by atoms with Gasteiger partial charge in [-0.05, 0) is 20.3 Å². The lowest BCUT2D eigenvalue weighted by Gasteiger charge is -2.19. The molecule has 3 atom stereocenters. The predicted molar refractivity (Wildman–Crippen MR) is 64.5 cm³/mol. The Morgan fingerprint density at radius 2 is 2.24 bits per heavy atom. The molecule has 1 fully saturated rings. The van der Waals surface area contributed by atoms with Crippen LogP contribution in [0.15, 0.2) is 0 Å². The molecule has 0 aromatic carbocycles. The van der Waals surface area contributed by atoms with Gasteiger partial charge in [0.1, 0.15) is 6.04 Å². The molecule has 5 heteroatoms. The van der Waals surface area contributed by atoms with E-state index in [2.05, 4.69) is 17.6 Å². The molecule has 17 heavy (non-hydrogen) atoms. The second-order valence-corrected chi connectivity index (χ2v) is 4.60. The van der Waals surface area contributed by atoms with E-state index in [1.807, 2.05) is 6.92 Å². The van der Waals surface area contributed by atoms with Crippen LogP contribution >= 0.6 is 0 Å². The van der Waals surface area contributed by atoms with Gasteiger partial charge in [-0.25, -0.2) is 0 Å². The van der Waals surface area contributed by atoms with Gasteiger partial charge >= 0.3 is 5.97 Å². The number of hydrogen-bond acceptors (Lipinski definition) is 4. The highest BCUT2D eigenvalue weighted by atomic mass is 16.5. The number of esters is 1. The second kappa shape index (κ2) is 6.59. The van der Waals surface area contributed by atoms with Gasteiger partial charge in [0.25, 0.3) is 0 Å². The standard InChI is InChI=1S/C12H22N2O3/c1-4-5-8(2)13-11(15)9(3)14-10-6-7-17-12(10)16/h8-10,14H,4-7H2,1-3H3,(H,13,15). The molecular formula is C12H22N2O3. The van der Waals surface area contributed by atoms with Gasteiger partial charge in [-0.2, -0.15) is 0 Å². The van der Waals surface area contributed by atoms with E-state index >= 15 is 0 Å². The van der Waals surface area contributed by atoms with Crippen molar-refractivity contribution < 1.29 is 14.3 Å². The minimum atomic E-state index is -0.370. The molecule has 98 valence electrons. The van der Waals surface area contributed by atoms with Gasteiger partial charge in [-0.1, -0.05) is 13.3 Å². The summed E-state index contributed by atoms with van der Waals surface area (Å²) in [5, 5.41) is 5.91. The van der Waals surface area contributed by atoms with Crippen LogP contribution < -0.4 is 10.6 Å². The van der Waals surface area contributed by atoms with Crippen LogP contribution in [0.3, 0.4) is 0 Å². The fraction of sp³-hybridized carbons (Fsp3) is 0.833. The van der Waals surface area contributed by atoms with Gasteiger partial charge in [0, 0.05) is 12.5 Å². The lowest BCUT2D eigenvalue weighted by molar-refractivity contribution is -0.139. The zero-order chi connectivity index (χ0) is 12.8. The first-order valence-electron chi connectivity index (χ1n) is 6.27. The summed E-state index contributed by atoms with van der Waals surface area (Å²) in [7, 11) is 0. The Labute approximate surface area is 102 Å². The molecule has 1 saturated heterocycles. The van der Waals surface area contributed by atoms with E-state index in [1.165, 1.54) is 0 Å². The largest absolute Gasteiger partial charge is 0.464 e. The Morgan fingerprint density at radius 3 is 2.76 bits per heavy atom. The quantitative estimate of drug-likeness (QED) is 0.669. The molecule has 1 heterocycles. The Bertz CT molecular complexity index is 281. The number of rotatable bonds is 6. The van der Waals surface area contributed by atoms with Crippen molar-refractivity contribution >= 4 is 11.9 Å². The summed E-state index contributed by atoms with van der Waals surface area (Å²) >= 11 is 0. The van der Waals surface area contributed by atoms with Crippen molar-refractivity contribution in [1.82, 2.24) is 10.6 Å². The van der Waals surface area contributed by atoms with E-state index in [-0.39, 0.29) is 30.0 Å². The highest BCUT2D eigenvalue weighted by molar-refractivity contribution is 5.83. The summed E-state index contributed by atoms with van der Waals surface area (Å²) < 4.78 is 4.83. The van der Waals surface area contributed by atoms with Gasteiger partial charge < -0.3 is 10.1 Å². The molecule has 1 amide bonds. The normalized spacial score (nSPS) is 23.0. The lowest BCUT2D eigenvalue weighted by Crippen LogP contribution is -2.49. The number of carbonyl (C=O) groups is 2. The molecule has 0 aliphatic carbocycles. The average Bonchev–Trinajstić information content (AvgIpc) is 2.64. The molecule has 0 bridgehead atoms. The van der Waals surface area contributed by atoms with Crippen molar-refractivity contribution in [2.45, 2.75) is 58.2 Å². The SMILES string of the molecule is CCCC(C)NC(=O)C(C)NC1CCOC1=O. The maximum Gasteiger partial charge on any atom is 0.323 e. The van der Waals surface area contributed by atoms with Crippen LogP contribution in [0.5, 0.6) is 0 Å². The van der Waals surface area contributed by atoms with Gasteiger partial charge in [-0.15, -0.1) is 0 Å². The first-order chi connectivity index (χ1) is 8.04. The predicted octanol–water partition coefficient (Wildman–Crippen LogP) is 0.585. The maximum absolute atomic E-state index is 11.8. The summed E-state index contributed by atoms with van der Waals surface area (Å²) in [6.07, 6.45) is 2.64. The smallest absolute Gasteiger partial charge is 0.323 e. The number of nitrogens with one attached hydrogen (secondary N) is 2. The van der Waals surface area contributed by atoms with Crippen molar-refractivity contribution in [1.29, 1.82) is 0 Å². The molecule has 0 radical (unpaired) electrons. The van der Waals surface area contributed by atoms with Gasteiger partial charge in [-0.3, -0.25) is 14.9 Å². The minimum absolute atomic E-state index is 0.0642. The molecular weight excluding hydrogens is 220 g/mol. The minimum Gasteiger partial charge on any atom is -0.464 e. The van der Waals surface area contributed by atoms with Crippen LogP contribution in [-0.2, 0) is 14.3 Å². The topological polar surface area (TPSA) is 67.4 Å². The first kappa shape index (κ1) is 14.0. The van der Waals surface area contributed by atoms with Crippen LogP contribution in [0.4, 0.5) is 0 Å². The summed E-state index contributed by atoms with van der Waals surface area (Å²) in [6.45, 7) is 6.27. The van der Waals surface area contributed by atoms with E-state index in [9.17, 15) is 9.59 Å².